The van der Waals surface area contributed by atoms with Crippen molar-refractivity contribution < 1.29 is 9.59 Å². The molecule has 0 spiro atoms. The van der Waals surface area contributed by atoms with Crippen LogP contribution in [0.4, 0.5) is 0 Å². The first-order chi connectivity index (χ1) is 10.4. The molecule has 7 nitrogen and oxygen atoms in total. The average molecular weight is 320 g/mol. The predicted octanol–water partition coefficient (Wildman–Crippen LogP) is 0.840. The van der Waals surface area contributed by atoms with E-state index in [0.717, 1.165) is 0 Å². The van der Waals surface area contributed by atoms with Gasteiger partial charge in [-0.1, -0.05) is 0 Å². The maximum atomic E-state index is 12.2. The molecule has 0 bridgehead atoms. The summed E-state index contributed by atoms with van der Waals surface area (Å²) in [6.07, 6.45) is 0. The predicted molar refractivity (Wildman–Crippen MR) is 85.4 cm³/mol. The van der Waals surface area contributed by atoms with Crippen LogP contribution in [-0.2, 0) is 4.79 Å². The summed E-state index contributed by atoms with van der Waals surface area (Å²) in [6, 6.07) is 3.93. The number of aromatic nitrogens is 2. The number of benzene rings is 1. The maximum absolute atomic E-state index is 12.2. The number of hydrogen-bond donors (Lipinski definition) is 4. The van der Waals surface area contributed by atoms with E-state index in [4.69, 9.17) is 12.2 Å². The number of hydrogen-bond acceptors (Lipinski definition) is 4. The quantitative estimate of drug-likeness (QED) is 0.626. The fraction of sp³-hybridized carbons (Fsp3) is 0.286. The Kier molecular flexibility index (Phi) is 4.71. The van der Waals surface area contributed by atoms with Crippen LogP contribution >= 0.6 is 12.2 Å². The summed E-state index contributed by atoms with van der Waals surface area (Å²) in [5.41, 5.74) is 0.480. The fourth-order valence-electron chi connectivity index (χ4n) is 1.98. The lowest BCUT2D eigenvalue weighted by molar-refractivity contribution is -0.122. The molecule has 1 heterocycles. The van der Waals surface area contributed by atoms with Gasteiger partial charge in [-0.25, -0.2) is 0 Å². The number of nitrogens with one attached hydrogen (secondary N) is 4. The minimum atomic E-state index is -0.652. The van der Waals surface area contributed by atoms with E-state index in [0.29, 0.717) is 23.0 Å². The monoisotopic (exact) mass is 320 g/mol. The molecule has 1 atom stereocenters. The number of carbonyl (C=O) groups is 2. The SMILES string of the molecule is CCNC(=O)[C@H](C)NC(=O)c1ccc2c(=O)[nH]c(=S)[nH]c2c1. The van der Waals surface area contributed by atoms with Crippen molar-refractivity contribution in [2.75, 3.05) is 6.54 Å². The molecule has 2 amide bonds. The Bertz CT molecular complexity index is 840. The second-order valence-corrected chi connectivity index (χ2v) is 5.17. The van der Waals surface area contributed by atoms with E-state index in [1.807, 2.05) is 0 Å². The van der Waals surface area contributed by atoms with Gasteiger partial charge in [0.05, 0.1) is 10.9 Å². The number of carbonyl (C=O) groups excluding carboxylic acids is 2. The molecule has 8 heteroatoms. The Balaban J connectivity index is 2.27. The van der Waals surface area contributed by atoms with Gasteiger partial charge in [0, 0.05) is 12.1 Å². The zero-order chi connectivity index (χ0) is 16.3. The van der Waals surface area contributed by atoms with Crippen LogP contribution in [0.1, 0.15) is 24.2 Å². The second-order valence-electron chi connectivity index (χ2n) is 4.76. The highest BCUT2D eigenvalue weighted by Crippen LogP contribution is 2.10. The van der Waals surface area contributed by atoms with Crippen LogP contribution in [0.3, 0.4) is 0 Å². The summed E-state index contributed by atoms with van der Waals surface area (Å²) in [6.45, 7) is 3.89. The number of H-pyrrole nitrogens is 2. The van der Waals surface area contributed by atoms with Crippen molar-refractivity contribution in [2.45, 2.75) is 19.9 Å². The lowest BCUT2D eigenvalue weighted by Gasteiger charge is -2.13. The van der Waals surface area contributed by atoms with Crippen molar-refractivity contribution in [3.05, 3.63) is 38.9 Å². The Hall–Kier alpha value is -2.48. The summed E-state index contributed by atoms with van der Waals surface area (Å²) >= 11 is 4.90. The minimum Gasteiger partial charge on any atom is -0.355 e. The lowest BCUT2D eigenvalue weighted by atomic mass is 10.1. The normalized spacial score (nSPS) is 11.9. The van der Waals surface area contributed by atoms with E-state index in [1.54, 1.807) is 13.8 Å². The van der Waals surface area contributed by atoms with Crippen LogP contribution in [-0.4, -0.2) is 34.4 Å². The number of fused-ring (bicyclic) bond motifs is 1. The molecule has 22 heavy (non-hydrogen) atoms. The van der Waals surface area contributed by atoms with E-state index in [2.05, 4.69) is 20.6 Å². The van der Waals surface area contributed by atoms with E-state index in [9.17, 15) is 14.4 Å². The van der Waals surface area contributed by atoms with Crippen molar-refractivity contribution in [2.24, 2.45) is 0 Å². The van der Waals surface area contributed by atoms with Gasteiger partial charge in [0.15, 0.2) is 4.77 Å². The molecule has 1 aromatic heterocycles. The maximum Gasteiger partial charge on any atom is 0.259 e. The molecular formula is C14H16N4O3S. The number of amides is 2. The number of rotatable bonds is 4. The van der Waals surface area contributed by atoms with E-state index in [-0.39, 0.29) is 16.2 Å². The van der Waals surface area contributed by atoms with Crippen LogP contribution in [0.25, 0.3) is 10.9 Å². The summed E-state index contributed by atoms with van der Waals surface area (Å²) < 4.78 is 0.186. The van der Waals surface area contributed by atoms with Crippen LogP contribution in [0, 0.1) is 4.77 Å². The van der Waals surface area contributed by atoms with Crippen molar-refractivity contribution in [1.29, 1.82) is 0 Å². The molecule has 4 N–H and O–H groups in total. The highest BCUT2D eigenvalue weighted by Gasteiger charge is 2.16. The Morgan fingerprint density at radius 3 is 2.73 bits per heavy atom. The first kappa shape index (κ1) is 15.9. The Morgan fingerprint density at radius 1 is 1.32 bits per heavy atom. The van der Waals surface area contributed by atoms with Gasteiger partial charge in [-0.2, -0.15) is 0 Å². The standard InChI is InChI=1S/C14H16N4O3S/c1-3-15-11(19)7(2)16-12(20)8-4-5-9-10(6-8)17-14(22)18-13(9)21/h4-7H,3H2,1-2H3,(H,15,19)(H,16,20)(H2,17,18,21,22)/t7-/m0/s1. The summed E-state index contributed by atoms with van der Waals surface area (Å²) in [5, 5.41) is 5.63. The molecule has 0 aliphatic rings. The molecule has 0 saturated carbocycles. The summed E-state index contributed by atoms with van der Waals surface area (Å²) in [4.78, 5) is 40.8. The van der Waals surface area contributed by atoms with Crippen molar-refractivity contribution >= 4 is 34.9 Å². The molecule has 0 radical (unpaired) electrons. The first-order valence-electron chi connectivity index (χ1n) is 6.77. The molecule has 0 aliphatic heterocycles. The highest BCUT2D eigenvalue weighted by atomic mass is 32.1. The van der Waals surface area contributed by atoms with E-state index >= 15 is 0 Å². The van der Waals surface area contributed by atoms with Gasteiger partial charge >= 0.3 is 0 Å². The Labute approximate surface area is 131 Å². The van der Waals surface area contributed by atoms with Gasteiger partial charge in [-0.3, -0.25) is 19.4 Å². The minimum absolute atomic E-state index is 0.186. The van der Waals surface area contributed by atoms with Gasteiger partial charge in [0.1, 0.15) is 6.04 Å². The molecule has 0 unspecified atom stereocenters. The van der Waals surface area contributed by atoms with Gasteiger partial charge in [-0.05, 0) is 44.3 Å². The number of aromatic amines is 2. The zero-order valence-corrected chi connectivity index (χ0v) is 13.0. The fourth-order valence-corrected chi connectivity index (χ4v) is 2.19. The van der Waals surface area contributed by atoms with Crippen molar-refractivity contribution in [3.63, 3.8) is 0 Å². The molecule has 0 fully saturated rings. The average Bonchev–Trinajstić information content (AvgIpc) is 2.46. The molecule has 0 saturated heterocycles. The van der Waals surface area contributed by atoms with E-state index in [1.165, 1.54) is 18.2 Å². The summed E-state index contributed by atoms with van der Waals surface area (Å²) in [5.74, 6) is -0.659. The van der Waals surface area contributed by atoms with Crippen LogP contribution in [0.5, 0.6) is 0 Å². The number of likely N-dealkylation sites (N-methyl/N-ethyl adjacent to an activating group) is 1. The third-order valence-electron chi connectivity index (χ3n) is 3.09. The van der Waals surface area contributed by atoms with Gasteiger partial charge in [-0.15, -0.1) is 0 Å². The smallest absolute Gasteiger partial charge is 0.259 e. The van der Waals surface area contributed by atoms with Crippen molar-refractivity contribution in [3.8, 4) is 0 Å². The van der Waals surface area contributed by atoms with Crippen molar-refractivity contribution in [1.82, 2.24) is 20.6 Å². The van der Waals surface area contributed by atoms with Gasteiger partial charge in [0.2, 0.25) is 5.91 Å². The molecule has 1 aromatic carbocycles. The zero-order valence-electron chi connectivity index (χ0n) is 12.1. The topological polar surface area (TPSA) is 107 Å². The van der Waals surface area contributed by atoms with Crippen LogP contribution in [0.2, 0.25) is 0 Å². The molecule has 0 aliphatic carbocycles. The second kappa shape index (κ2) is 6.52. The largest absolute Gasteiger partial charge is 0.355 e. The summed E-state index contributed by atoms with van der Waals surface area (Å²) in [7, 11) is 0. The van der Waals surface area contributed by atoms with Gasteiger partial charge in [0.25, 0.3) is 11.5 Å². The lowest BCUT2D eigenvalue weighted by Crippen LogP contribution is -2.44. The third-order valence-corrected chi connectivity index (χ3v) is 3.30. The third kappa shape index (κ3) is 3.40. The van der Waals surface area contributed by atoms with E-state index < -0.39 is 11.9 Å². The first-order valence-corrected chi connectivity index (χ1v) is 7.18. The van der Waals surface area contributed by atoms with Gasteiger partial charge < -0.3 is 15.6 Å². The molecule has 2 rings (SSSR count). The van der Waals surface area contributed by atoms with Crippen LogP contribution < -0.4 is 16.2 Å². The molecule has 116 valence electrons. The Morgan fingerprint density at radius 2 is 2.05 bits per heavy atom. The highest BCUT2D eigenvalue weighted by molar-refractivity contribution is 7.71. The van der Waals surface area contributed by atoms with Crippen LogP contribution in [0.15, 0.2) is 23.0 Å². The molecular weight excluding hydrogens is 304 g/mol. The molecule has 2 aromatic rings.